The highest BCUT2D eigenvalue weighted by atomic mass is 79.9. The Bertz CT molecular complexity index is 368. The van der Waals surface area contributed by atoms with E-state index in [1.54, 1.807) is 13.0 Å². The van der Waals surface area contributed by atoms with Crippen molar-refractivity contribution in [1.29, 1.82) is 0 Å². The van der Waals surface area contributed by atoms with Crippen LogP contribution in [0.1, 0.15) is 12.5 Å². The van der Waals surface area contributed by atoms with Gasteiger partial charge in [0.15, 0.2) is 0 Å². The first-order valence-corrected chi connectivity index (χ1v) is 5.65. The SMILES string of the molecule is CC(N)C(=O)NCc1ccc(Br)cc1Cl. The number of hydrogen-bond donors (Lipinski definition) is 2. The number of benzene rings is 1. The number of carbonyl (C=O) groups is 1. The Morgan fingerprint density at radius 1 is 1.67 bits per heavy atom. The summed E-state index contributed by atoms with van der Waals surface area (Å²) in [5.74, 6) is -0.186. The molecule has 1 unspecified atom stereocenters. The highest BCUT2D eigenvalue weighted by Gasteiger charge is 2.07. The van der Waals surface area contributed by atoms with Gasteiger partial charge in [-0.05, 0) is 24.6 Å². The summed E-state index contributed by atoms with van der Waals surface area (Å²) in [5.41, 5.74) is 6.28. The van der Waals surface area contributed by atoms with Crippen LogP contribution in [-0.4, -0.2) is 11.9 Å². The summed E-state index contributed by atoms with van der Waals surface area (Å²) >= 11 is 9.29. The maximum atomic E-state index is 11.2. The molecule has 1 atom stereocenters. The molecular formula is C10H12BrClN2O. The number of carbonyl (C=O) groups excluding carboxylic acids is 1. The van der Waals surface area contributed by atoms with Crippen LogP contribution in [0.3, 0.4) is 0 Å². The van der Waals surface area contributed by atoms with E-state index in [0.29, 0.717) is 11.6 Å². The van der Waals surface area contributed by atoms with Gasteiger partial charge >= 0.3 is 0 Å². The first-order chi connectivity index (χ1) is 7.00. The number of nitrogens with two attached hydrogens (primary N) is 1. The van der Waals surface area contributed by atoms with E-state index in [2.05, 4.69) is 21.2 Å². The van der Waals surface area contributed by atoms with Crippen LogP contribution >= 0.6 is 27.5 Å². The third-order valence-corrected chi connectivity index (χ3v) is 2.73. The van der Waals surface area contributed by atoms with E-state index in [-0.39, 0.29) is 5.91 Å². The Morgan fingerprint density at radius 2 is 2.33 bits per heavy atom. The van der Waals surface area contributed by atoms with Crippen LogP contribution in [0.15, 0.2) is 22.7 Å². The number of amides is 1. The molecule has 0 radical (unpaired) electrons. The predicted molar refractivity (Wildman–Crippen MR) is 64.6 cm³/mol. The molecule has 0 bridgehead atoms. The number of hydrogen-bond acceptors (Lipinski definition) is 2. The normalized spacial score (nSPS) is 12.3. The zero-order valence-corrected chi connectivity index (χ0v) is 10.6. The van der Waals surface area contributed by atoms with Crippen molar-refractivity contribution >= 4 is 33.4 Å². The van der Waals surface area contributed by atoms with Crippen LogP contribution in [0, 0.1) is 0 Å². The molecule has 0 heterocycles. The van der Waals surface area contributed by atoms with Crippen molar-refractivity contribution in [1.82, 2.24) is 5.32 Å². The lowest BCUT2D eigenvalue weighted by Crippen LogP contribution is -2.37. The van der Waals surface area contributed by atoms with Gasteiger partial charge in [0.25, 0.3) is 0 Å². The van der Waals surface area contributed by atoms with Crippen molar-refractivity contribution in [2.45, 2.75) is 19.5 Å². The standard InChI is InChI=1S/C10H12BrClN2O/c1-6(13)10(15)14-5-7-2-3-8(11)4-9(7)12/h2-4,6H,5,13H2,1H3,(H,14,15). The molecule has 0 fully saturated rings. The summed E-state index contributed by atoms with van der Waals surface area (Å²) in [6, 6.07) is 5.02. The largest absolute Gasteiger partial charge is 0.351 e. The van der Waals surface area contributed by atoms with Crippen LogP contribution in [0.5, 0.6) is 0 Å². The highest BCUT2D eigenvalue weighted by molar-refractivity contribution is 9.10. The molecule has 1 aromatic carbocycles. The van der Waals surface area contributed by atoms with Crippen molar-refractivity contribution in [2.24, 2.45) is 5.73 Å². The molecule has 3 nitrogen and oxygen atoms in total. The second kappa shape index (κ2) is 5.49. The summed E-state index contributed by atoms with van der Waals surface area (Å²) in [6.45, 7) is 2.03. The van der Waals surface area contributed by atoms with Gasteiger partial charge in [-0.15, -0.1) is 0 Å². The quantitative estimate of drug-likeness (QED) is 0.896. The number of halogens is 2. The minimum Gasteiger partial charge on any atom is -0.351 e. The van der Waals surface area contributed by atoms with Gasteiger partial charge in [-0.25, -0.2) is 0 Å². The van der Waals surface area contributed by atoms with Crippen LogP contribution in [0.4, 0.5) is 0 Å². The predicted octanol–water partition coefficient (Wildman–Crippen LogP) is 2.07. The Hall–Kier alpha value is -0.580. The second-order valence-electron chi connectivity index (χ2n) is 3.24. The summed E-state index contributed by atoms with van der Waals surface area (Å²) in [6.07, 6.45) is 0. The van der Waals surface area contributed by atoms with Crippen LogP contribution in [0.2, 0.25) is 5.02 Å². The van der Waals surface area contributed by atoms with Crippen molar-refractivity contribution in [2.75, 3.05) is 0 Å². The molecule has 15 heavy (non-hydrogen) atoms. The minimum atomic E-state index is -0.501. The molecule has 0 spiro atoms. The molecule has 0 saturated heterocycles. The molecule has 0 aliphatic carbocycles. The van der Waals surface area contributed by atoms with E-state index in [0.717, 1.165) is 10.0 Å². The molecule has 0 saturated carbocycles. The van der Waals surface area contributed by atoms with E-state index in [9.17, 15) is 4.79 Å². The zero-order chi connectivity index (χ0) is 11.4. The third-order valence-electron chi connectivity index (χ3n) is 1.88. The van der Waals surface area contributed by atoms with Gasteiger partial charge in [0, 0.05) is 16.0 Å². The van der Waals surface area contributed by atoms with Crippen molar-refractivity contribution in [3.8, 4) is 0 Å². The molecule has 0 aliphatic heterocycles. The van der Waals surface area contributed by atoms with E-state index in [1.165, 1.54) is 0 Å². The molecular weight excluding hydrogens is 279 g/mol. The van der Waals surface area contributed by atoms with E-state index in [1.807, 2.05) is 12.1 Å². The lowest BCUT2D eigenvalue weighted by Gasteiger charge is -2.09. The van der Waals surface area contributed by atoms with Gasteiger partial charge in [-0.3, -0.25) is 4.79 Å². The lowest BCUT2D eigenvalue weighted by atomic mass is 10.2. The third kappa shape index (κ3) is 3.81. The van der Waals surface area contributed by atoms with E-state index < -0.39 is 6.04 Å². The molecule has 0 aromatic heterocycles. The van der Waals surface area contributed by atoms with Crippen LogP contribution in [-0.2, 0) is 11.3 Å². The van der Waals surface area contributed by atoms with Crippen molar-refractivity contribution in [3.63, 3.8) is 0 Å². The van der Waals surface area contributed by atoms with Crippen molar-refractivity contribution in [3.05, 3.63) is 33.3 Å². The van der Waals surface area contributed by atoms with Gasteiger partial charge < -0.3 is 11.1 Å². The van der Waals surface area contributed by atoms with Gasteiger partial charge in [0.2, 0.25) is 5.91 Å². The summed E-state index contributed by atoms with van der Waals surface area (Å²) in [7, 11) is 0. The fraction of sp³-hybridized carbons (Fsp3) is 0.300. The first kappa shape index (κ1) is 12.5. The maximum absolute atomic E-state index is 11.2. The van der Waals surface area contributed by atoms with Gasteiger partial charge in [-0.1, -0.05) is 33.6 Å². The topological polar surface area (TPSA) is 55.1 Å². The number of rotatable bonds is 3. The molecule has 1 rings (SSSR count). The second-order valence-corrected chi connectivity index (χ2v) is 4.57. The average Bonchev–Trinajstić information content (AvgIpc) is 2.15. The fourth-order valence-corrected chi connectivity index (χ4v) is 1.75. The lowest BCUT2D eigenvalue weighted by molar-refractivity contribution is -0.122. The molecule has 82 valence electrons. The van der Waals surface area contributed by atoms with Crippen LogP contribution in [0.25, 0.3) is 0 Å². The van der Waals surface area contributed by atoms with E-state index in [4.69, 9.17) is 17.3 Å². The summed E-state index contributed by atoms with van der Waals surface area (Å²) in [5, 5.41) is 3.31. The molecule has 0 aliphatic rings. The van der Waals surface area contributed by atoms with E-state index >= 15 is 0 Å². The van der Waals surface area contributed by atoms with Gasteiger partial charge in [0.05, 0.1) is 6.04 Å². The Kier molecular flexibility index (Phi) is 4.57. The molecule has 1 amide bonds. The molecule has 3 N–H and O–H groups in total. The van der Waals surface area contributed by atoms with Crippen LogP contribution < -0.4 is 11.1 Å². The van der Waals surface area contributed by atoms with Gasteiger partial charge in [-0.2, -0.15) is 0 Å². The summed E-state index contributed by atoms with van der Waals surface area (Å²) < 4.78 is 0.912. The number of nitrogens with one attached hydrogen (secondary N) is 1. The average molecular weight is 292 g/mol. The van der Waals surface area contributed by atoms with Gasteiger partial charge in [0.1, 0.15) is 0 Å². The Labute approximate surface area is 102 Å². The summed E-state index contributed by atoms with van der Waals surface area (Å²) in [4.78, 5) is 11.2. The monoisotopic (exact) mass is 290 g/mol. The molecule has 1 aromatic rings. The Balaban J connectivity index is 2.62. The minimum absolute atomic E-state index is 0.186. The maximum Gasteiger partial charge on any atom is 0.236 e. The highest BCUT2D eigenvalue weighted by Crippen LogP contribution is 2.21. The first-order valence-electron chi connectivity index (χ1n) is 4.48. The fourth-order valence-electron chi connectivity index (χ4n) is 1.01. The molecule has 5 heteroatoms. The zero-order valence-electron chi connectivity index (χ0n) is 8.26. The van der Waals surface area contributed by atoms with Crippen molar-refractivity contribution < 1.29 is 4.79 Å². The Morgan fingerprint density at radius 3 is 2.87 bits per heavy atom. The smallest absolute Gasteiger partial charge is 0.236 e.